The minimum Gasteiger partial charge on any atom is -0.378 e. The van der Waals surface area contributed by atoms with Gasteiger partial charge < -0.3 is 10.8 Å². The molecule has 17 heavy (non-hydrogen) atoms. The summed E-state index contributed by atoms with van der Waals surface area (Å²) in [6.45, 7) is 2.12. The van der Waals surface area contributed by atoms with Crippen LogP contribution < -0.4 is 5.32 Å². The van der Waals surface area contributed by atoms with Crippen molar-refractivity contribution in [1.82, 2.24) is 0 Å². The fourth-order valence-corrected chi connectivity index (χ4v) is 2.52. The van der Waals surface area contributed by atoms with Crippen molar-refractivity contribution >= 4 is 23.0 Å². The summed E-state index contributed by atoms with van der Waals surface area (Å²) in [7, 11) is 0. The van der Waals surface area contributed by atoms with E-state index >= 15 is 0 Å². The molecule has 1 aromatic rings. The highest BCUT2D eigenvalue weighted by molar-refractivity contribution is 6.23. The zero-order valence-electron chi connectivity index (χ0n) is 9.86. The minimum absolute atomic E-state index is 0.0673. The maximum absolute atomic E-state index is 8.78. The first-order chi connectivity index (χ1) is 8.14. The van der Waals surface area contributed by atoms with Gasteiger partial charge in [-0.15, -0.1) is 11.6 Å². The van der Waals surface area contributed by atoms with Crippen LogP contribution in [0.4, 0.5) is 5.69 Å². The van der Waals surface area contributed by atoms with Crippen LogP contribution in [0.15, 0.2) is 30.3 Å². The van der Waals surface area contributed by atoms with Crippen LogP contribution in [0.1, 0.15) is 26.2 Å². The summed E-state index contributed by atoms with van der Waals surface area (Å²) >= 11 is 6.39. The first-order valence-electron chi connectivity index (χ1n) is 5.81. The molecule has 2 atom stereocenters. The monoisotopic (exact) mass is 249 g/mol. The van der Waals surface area contributed by atoms with Gasteiger partial charge in [0.25, 0.3) is 5.71 Å². The number of nitrogens with zero attached hydrogens (tertiary/aromatic N) is 2. The van der Waals surface area contributed by atoms with Gasteiger partial charge in [-0.2, -0.15) is 4.79 Å². The summed E-state index contributed by atoms with van der Waals surface area (Å²) in [5.74, 6) is 0. The van der Waals surface area contributed by atoms with E-state index < -0.39 is 0 Å². The predicted octanol–water partition coefficient (Wildman–Crippen LogP) is 3.32. The van der Waals surface area contributed by atoms with Crippen LogP contribution in [0.25, 0.3) is 5.53 Å². The van der Waals surface area contributed by atoms with Crippen molar-refractivity contribution in [3.63, 3.8) is 0 Å². The lowest BCUT2D eigenvalue weighted by Gasteiger charge is -2.38. The lowest BCUT2D eigenvalue weighted by molar-refractivity contribution is -0.0141. The van der Waals surface area contributed by atoms with E-state index in [2.05, 4.69) is 17.0 Å². The van der Waals surface area contributed by atoms with Gasteiger partial charge in [-0.25, -0.2) is 0 Å². The molecule has 90 valence electrons. The molecule has 0 aliphatic heterocycles. The Morgan fingerprint density at radius 3 is 2.71 bits per heavy atom. The lowest BCUT2D eigenvalue weighted by atomic mass is 9.81. The van der Waals surface area contributed by atoms with E-state index in [9.17, 15) is 0 Å². The number of hydrogen-bond acceptors (Lipinski definition) is 1. The van der Waals surface area contributed by atoms with E-state index in [1.165, 1.54) is 0 Å². The molecular weight excluding hydrogens is 234 g/mol. The fourth-order valence-electron chi connectivity index (χ4n) is 2.18. The number of anilines is 1. The summed E-state index contributed by atoms with van der Waals surface area (Å²) < 4.78 is 0. The topological polar surface area (TPSA) is 48.4 Å². The van der Waals surface area contributed by atoms with Crippen molar-refractivity contribution in [3.8, 4) is 0 Å². The minimum atomic E-state index is -0.156. The third-order valence-electron chi connectivity index (χ3n) is 3.38. The van der Waals surface area contributed by atoms with Crippen LogP contribution in [-0.2, 0) is 0 Å². The predicted molar refractivity (Wildman–Crippen MR) is 70.6 cm³/mol. The van der Waals surface area contributed by atoms with Gasteiger partial charge in [0.05, 0.1) is 17.3 Å². The third kappa shape index (κ3) is 2.68. The van der Waals surface area contributed by atoms with Crippen LogP contribution in [-0.4, -0.2) is 21.4 Å². The molecule has 2 rings (SSSR count). The fraction of sp³-hybridized carbons (Fsp3) is 0.462. The van der Waals surface area contributed by atoms with E-state index in [1.807, 2.05) is 30.3 Å². The molecule has 1 saturated carbocycles. The summed E-state index contributed by atoms with van der Waals surface area (Å²) in [6.07, 6.45) is 2.29. The van der Waals surface area contributed by atoms with Crippen molar-refractivity contribution in [1.29, 1.82) is 0 Å². The van der Waals surface area contributed by atoms with Crippen molar-refractivity contribution in [2.75, 3.05) is 5.32 Å². The van der Waals surface area contributed by atoms with Gasteiger partial charge in [-0.1, -0.05) is 18.2 Å². The Morgan fingerprint density at radius 2 is 2.12 bits per heavy atom. The number of alkyl halides is 1. The van der Waals surface area contributed by atoms with Gasteiger partial charge in [0.1, 0.15) is 0 Å². The molecule has 0 spiro atoms. The normalized spacial score (nSPS) is 28.6. The van der Waals surface area contributed by atoms with Gasteiger partial charge in [0.2, 0.25) is 0 Å². The average molecular weight is 250 g/mol. The molecule has 1 N–H and O–H groups in total. The molecular formula is C13H16ClN3. The zero-order chi connectivity index (χ0) is 12.3. The quantitative estimate of drug-likeness (QED) is 0.488. The van der Waals surface area contributed by atoms with Gasteiger partial charge in [-0.05, 0) is 25.5 Å². The smallest absolute Gasteiger partial charge is 0.270 e. The molecule has 2 unspecified atom stereocenters. The molecule has 4 heteroatoms. The van der Waals surface area contributed by atoms with Crippen LogP contribution in [0, 0.1) is 0 Å². The SMILES string of the molecule is CC1(Nc2ccccc2)CCC(=[N+]=[N-])CC1Cl. The van der Waals surface area contributed by atoms with Crippen molar-refractivity contribution < 1.29 is 4.79 Å². The van der Waals surface area contributed by atoms with Crippen LogP contribution in [0.3, 0.4) is 0 Å². The maximum atomic E-state index is 8.78. The second-order valence-electron chi connectivity index (χ2n) is 4.75. The molecule has 1 aromatic carbocycles. The molecule has 0 amide bonds. The van der Waals surface area contributed by atoms with Crippen molar-refractivity contribution in [3.05, 3.63) is 35.9 Å². The van der Waals surface area contributed by atoms with E-state index in [-0.39, 0.29) is 10.9 Å². The molecule has 0 aromatic heterocycles. The Labute approximate surface area is 106 Å². The van der Waals surface area contributed by atoms with Gasteiger partial charge in [0, 0.05) is 12.1 Å². The van der Waals surface area contributed by atoms with Gasteiger partial charge in [0.15, 0.2) is 0 Å². The largest absolute Gasteiger partial charge is 0.378 e. The van der Waals surface area contributed by atoms with E-state index in [0.717, 1.165) is 24.2 Å². The van der Waals surface area contributed by atoms with Crippen LogP contribution in [0.5, 0.6) is 0 Å². The zero-order valence-corrected chi connectivity index (χ0v) is 10.6. The Bertz CT molecular complexity index is 439. The lowest BCUT2D eigenvalue weighted by Crippen LogP contribution is -2.48. The maximum Gasteiger partial charge on any atom is 0.270 e. The Balaban J connectivity index is 2.12. The molecule has 0 saturated heterocycles. The third-order valence-corrected chi connectivity index (χ3v) is 4.02. The number of hydrogen-bond donors (Lipinski definition) is 1. The summed E-state index contributed by atoms with van der Waals surface area (Å²) in [4.78, 5) is 3.27. The molecule has 0 radical (unpaired) electrons. The second kappa shape index (κ2) is 4.91. The second-order valence-corrected chi connectivity index (χ2v) is 5.27. The Morgan fingerprint density at radius 1 is 1.41 bits per heavy atom. The number of benzene rings is 1. The highest BCUT2D eigenvalue weighted by Crippen LogP contribution is 2.33. The van der Waals surface area contributed by atoms with Crippen LogP contribution in [0.2, 0.25) is 0 Å². The van der Waals surface area contributed by atoms with Crippen molar-refractivity contribution in [2.45, 2.75) is 37.1 Å². The number of halogens is 1. The molecule has 1 aliphatic rings. The molecule has 0 heterocycles. The highest BCUT2D eigenvalue weighted by Gasteiger charge is 2.40. The number of para-hydroxylation sites is 1. The molecule has 0 bridgehead atoms. The first-order valence-corrected chi connectivity index (χ1v) is 6.25. The van der Waals surface area contributed by atoms with E-state index in [4.69, 9.17) is 17.1 Å². The molecule has 1 aliphatic carbocycles. The van der Waals surface area contributed by atoms with Crippen LogP contribution >= 0.6 is 11.6 Å². The summed E-state index contributed by atoms with van der Waals surface area (Å²) in [5, 5.41) is 3.42. The Hall–Kier alpha value is -1.31. The number of nitrogens with one attached hydrogen (secondary N) is 1. The summed E-state index contributed by atoms with van der Waals surface area (Å²) in [6, 6.07) is 10.1. The standard InChI is InChI=1S/C13H16ClN3/c1-13(16-10-5-3-2-4-6-10)8-7-11(17-15)9-12(13)14/h2-6,12,16H,7-9H2,1H3. The molecule has 3 nitrogen and oxygen atoms in total. The number of rotatable bonds is 2. The molecule has 1 fully saturated rings. The van der Waals surface area contributed by atoms with Gasteiger partial charge >= 0.3 is 0 Å². The van der Waals surface area contributed by atoms with Crippen molar-refractivity contribution in [2.24, 2.45) is 0 Å². The van der Waals surface area contributed by atoms with Gasteiger partial charge in [-0.3, -0.25) is 0 Å². The van der Waals surface area contributed by atoms with E-state index in [1.54, 1.807) is 0 Å². The summed E-state index contributed by atoms with van der Waals surface area (Å²) in [5.41, 5.74) is 10.5. The Kier molecular flexibility index (Phi) is 3.51. The average Bonchev–Trinajstić information content (AvgIpc) is 2.34. The van der Waals surface area contributed by atoms with E-state index in [0.29, 0.717) is 6.42 Å². The first kappa shape index (κ1) is 12.2. The highest BCUT2D eigenvalue weighted by atomic mass is 35.5.